The van der Waals surface area contributed by atoms with E-state index in [2.05, 4.69) is 29.5 Å². The van der Waals surface area contributed by atoms with Gasteiger partial charge in [-0.2, -0.15) is 0 Å². The first-order valence-electron chi connectivity index (χ1n) is 16.4. The van der Waals surface area contributed by atoms with Crippen molar-refractivity contribution in [3.05, 3.63) is 0 Å². The predicted octanol–water partition coefficient (Wildman–Crippen LogP) is 8.09. The largest absolute Gasteiger partial charge is 0.463 e. The first-order valence-corrected chi connectivity index (χ1v) is 17.9. The van der Waals surface area contributed by atoms with Gasteiger partial charge in [0.15, 0.2) is 0 Å². The quantitative estimate of drug-likeness (QED) is 0.0289. The zero-order chi connectivity index (χ0) is 29.0. The molecule has 0 radical (unpaired) electrons. The van der Waals surface area contributed by atoms with Gasteiger partial charge in [-0.25, -0.2) is 0 Å². The summed E-state index contributed by atoms with van der Waals surface area (Å²) in [6.45, 7) is 8.24. The molecule has 0 N–H and O–H groups in total. The number of hydrogen-bond acceptors (Lipinski definition) is 7. The van der Waals surface area contributed by atoms with Gasteiger partial charge in [0.1, 0.15) is 6.61 Å². The third-order valence-corrected chi connectivity index (χ3v) is 7.40. The maximum absolute atomic E-state index is 11.8. The maximum atomic E-state index is 11.8. The summed E-state index contributed by atoms with van der Waals surface area (Å²) in [5.41, 5.74) is 0. The Labute approximate surface area is 260 Å². The van der Waals surface area contributed by atoms with Crippen molar-refractivity contribution in [3.63, 3.8) is 0 Å². The Balaban J connectivity index is 3.13. The first-order chi connectivity index (χ1) is 19.8. The van der Waals surface area contributed by atoms with Crippen LogP contribution in [0.1, 0.15) is 122 Å². The molecule has 0 fully saturated rings. The smallest absolute Gasteiger partial charge is 0.305 e. The predicted molar refractivity (Wildman–Crippen MR) is 173 cm³/mol. The van der Waals surface area contributed by atoms with Crippen LogP contribution in [-0.4, -0.2) is 83.1 Å². The number of esters is 1. The van der Waals surface area contributed by atoms with E-state index in [1.807, 2.05) is 0 Å². The maximum Gasteiger partial charge on any atom is 0.305 e. The molecule has 0 heterocycles. The molecule has 0 aliphatic rings. The summed E-state index contributed by atoms with van der Waals surface area (Å²) in [4.78, 5) is 11.8. The van der Waals surface area contributed by atoms with Gasteiger partial charge >= 0.3 is 5.97 Å². The average Bonchev–Trinajstić information content (AvgIpc) is 2.96. The van der Waals surface area contributed by atoms with E-state index < -0.39 is 0 Å². The highest BCUT2D eigenvalue weighted by molar-refractivity contribution is 14.1. The minimum atomic E-state index is -0.117. The van der Waals surface area contributed by atoms with Crippen molar-refractivity contribution >= 4 is 28.6 Å². The van der Waals surface area contributed by atoms with Crippen LogP contribution in [0.4, 0.5) is 0 Å². The topological polar surface area (TPSA) is 72.5 Å². The average molecular weight is 687 g/mol. The fourth-order valence-corrected chi connectivity index (χ4v) is 4.75. The van der Waals surface area contributed by atoms with E-state index in [-0.39, 0.29) is 5.97 Å². The summed E-state index contributed by atoms with van der Waals surface area (Å²) >= 11 is 2.42. The van der Waals surface area contributed by atoms with E-state index in [4.69, 9.17) is 28.4 Å². The zero-order valence-electron chi connectivity index (χ0n) is 25.9. The van der Waals surface area contributed by atoms with Crippen molar-refractivity contribution in [2.75, 3.05) is 77.1 Å². The van der Waals surface area contributed by atoms with Crippen LogP contribution >= 0.6 is 22.6 Å². The Kier molecular flexibility index (Phi) is 37.0. The molecular weight excluding hydrogens is 623 g/mol. The van der Waals surface area contributed by atoms with E-state index in [1.54, 1.807) is 0 Å². The number of ether oxygens (including phenoxy) is 6. The number of unbranched alkanes of at least 4 members (excludes halogenated alkanes) is 15. The van der Waals surface area contributed by atoms with Crippen molar-refractivity contribution in [1.29, 1.82) is 0 Å². The molecule has 0 aliphatic heterocycles. The first kappa shape index (κ1) is 40.0. The summed E-state index contributed by atoms with van der Waals surface area (Å²) in [5, 5.41) is 0. The Bertz CT molecular complexity index is 482. The van der Waals surface area contributed by atoms with Crippen LogP contribution in [0.15, 0.2) is 0 Å². The van der Waals surface area contributed by atoms with Crippen molar-refractivity contribution in [1.82, 2.24) is 0 Å². The number of carbonyl (C=O) groups is 1. The van der Waals surface area contributed by atoms with Gasteiger partial charge in [0, 0.05) is 13.0 Å². The second-order valence-electron chi connectivity index (χ2n) is 10.4. The molecule has 240 valence electrons. The Hall–Kier alpha value is -0.000000000000000222. The molecule has 0 bridgehead atoms. The van der Waals surface area contributed by atoms with Crippen LogP contribution in [0, 0.1) is 0 Å². The van der Waals surface area contributed by atoms with E-state index in [0.717, 1.165) is 25.9 Å². The van der Waals surface area contributed by atoms with Crippen molar-refractivity contribution in [2.24, 2.45) is 0 Å². The fourth-order valence-electron chi connectivity index (χ4n) is 4.21. The van der Waals surface area contributed by atoms with E-state index in [0.29, 0.717) is 72.5 Å². The van der Waals surface area contributed by atoms with Gasteiger partial charge in [-0.15, -0.1) is 0 Å². The number of rotatable bonds is 35. The third kappa shape index (κ3) is 36.0. The monoisotopic (exact) mass is 686 g/mol. The van der Waals surface area contributed by atoms with Gasteiger partial charge in [-0.1, -0.05) is 119 Å². The van der Waals surface area contributed by atoms with Gasteiger partial charge in [0.25, 0.3) is 0 Å². The molecular formula is C32H63IO7. The van der Waals surface area contributed by atoms with Crippen LogP contribution in [0.5, 0.6) is 0 Å². The number of hydrogen-bond donors (Lipinski definition) is 0. The van der Waals surface area contributed by atoms with Crippen molar-refractivity contribution < 1.29 is 33.2 Å². The molecule has 0 amide bonds. The molecule has 0 rings (SSSR count). The Morgan fingerprint density at radius 2 is 0.775 bits per heavy atom. The van der Waals surface area contributed by atoms with Gasteiger partial charge in [-0.3, -0.25) is 4.79 Å². The van der Waals surface area contributed by atoms with Crippen LogP contribution in [0.2, 0.25) is 0 Å². The van der Waals surface area contributed by atoms with Crippen molar-refractivity contribution in [2.45, 2.75) is 122 Å². The summed E-state index contributed by atoms with van der Waals surface area (Å²) in [5.74, 6) is -0.117. The van der Waals surface area contributed by atoms with Gasteiger partial charge < -0.3 is 28.4 Å². The normalized spacial score (nSPS) is 11.3. The van der Waals surface area contributed by atoms with Gasteiger partial charge in [-0.05, 0) is 23.7 Å². The minimum absolute atomic E-state index is 0.117. The molecule has 0 aliphatic carbocycles. The molecule has 0 saturated carbocycles. The Morgan fingerprint density at radius 3 is 1.23 bits per heavy atom. The van der Waals surface area contributed by atoms with Crippen LogP contribution in [-0.2, 0) is 33.2 Å². The highest BCUT2D eigenvalue weighted by Crippen LogP contribution is 2.13. The molecule has 0 saturated heterocycles. The number of alkyl halides is 1. The standard InChI is InChI=1S/C32H63IO7/c1-2-3-4-5-6-7-8-9-10-11-12-13-16-19-32(34)40-31-30-39-29-28-38-27-26-37-25-24-36-23-22-35-21-18-15-14-17-20-33/h2-31H2,1H3. The van der Waals surface area contributed by atoms with Crippen LogP contribution < -0.4 is 0 Å². The number of halogens is 1. The minimum Gasteiger partial charge on any atom is -0.463 e. The summed E-state index contributed by atoms with van der Waals surface area (Å²) in [6.07, 6.45) is 22.5. The van der Waals surface area contributed by atoms with Crippen LogP contribution in [0.3, 0.4) is 0 Å². The van der Waals surface area contributed by atoms with E-state index in [1.165, 1.54) is 94.3 Å². The third-order valence-electron chi connectivity index (χ3n) is 6.64. The molecule has 0 aromatic rings. The Morgan fingerprint density at radius 1 is 0.425 bits per heavy atom. The van der Waals surface area contributed by atoms with Crippen molar-refractivity contribution in [3.8, 4) is 0 Å². The lowest BCUT2D eigenvalue weighted by Gasteiger charge is -2.08. The second kappa shape index (κ2) is 37.0. The zero-order valence-corrected chi connectivity index (χ0v) is 28.1. The lowest BCUT2D eigenvalue weighted by atomic mass is 10.0. The van der Waals surface area contributed by atoms with E-state index in [9.17, 15) is 4.79 Å². The van der Waals surface area contributed by atoms with Crippen LogP contribution in [0.25, 0.3) is 0 Å². The highest BCUT2D eigenvalue weighted by Gasteiger charge is 2.03. The second-order valence-corrected chi connectivity index (χ2v) is 11.5. The SMILES string of the molecule is CCCCCCCCCCCCCCCC(=O)OCCOCCOCCOCCOCCOCCCCCCI. The molecule has 7 nitrogen and oxygen atoms in total. The fraction of sp³-hybridized carbons (Fsp3) is 0.969. The molecule has 40 heavy (non-hydrogen) atoms. The molecule has 0 aromatic carbocycles. The highest BCUT2D eigenvalue weighted by atomic mass is 127. The molecule has 0 aromatic heterocycles. The molecule has 8 heteroatoms. The summed E-state index contributed by atoms with van der Waals surface area (Å²) in [6, 6.07) is 0. The molecule has 0 unspecified atom stereocenters. The molecule has 0 spiro atoms. The van der Waals surface area contributed by atoms with E-state index >= 15 is 0 Å². The van der Waals surface area contributed by atoms with Gasteiger partial charge in [0.05, 0.1) is 59.5 Å². The number of carbonyl (C=O) groups excluding carboxylic acids is 1. The summed E-state index contributed by atoms with van der Waals surface area (Å²) < 4.78 is 34.0. The lowest BCUT2D eigenvalue weighted by molar-refractivity contribution is -0.145. The van der Waals surface area contributed by atoms with Gasteiger partial charge in [0.2, 0.25) is 0 Å². The lowest BCUT2D eigenvalue weighted by Crippen LogP contribution is -2.15. The molecule has 0 atom stereocenters. The summed E-state index contributed by atoms with van der Waals surface area (Å²) in [7, 11) is 0.